The van der Waals surface area contributed by atoms with Crippen molar-refractivity contribution in [3.63, 3.8) is 0 Å². The molecule has 0 bridgehead atoms. The standard InChI is InChI=1S/C21H20FN5O3/c22-14-5-7-15(8-6-14)27-12-13(11-19(27)29)20(30)23-10-9-18(28)26-21-24-16-3-1-2-4-17(16)25-21/h1-8,13H,9-12H2,(H,23,30)(H2,24,25,26,28)/t13-/m0/s1. The summed E-state index contributed by atoms with van der Waals surface area (Å²) in [6.45, 7) is 0.369. The summed E-state index contributed by atoms with van der Waals surface area (Å²) in [6.07, 6.45) is 0.152. The third-order valence-electron chi connectivity index (χ3n) is 4.93. The molecule has 8 nitrogen and oxygen atoms in total. The molecule has 1 aliphatic rings. The van der Waals surface area contributed by atoms with E-state index in [0.29, 0.717) is 11.6 Å². The molecule has 0 aliphatic carbocycles. The zero-order valence-electron chi connectivity index (χ0n) is 16.0. The van der Waals surface area contributed by atoms with Crippen LogP contribution in [-0.4, -0.2) is 40.8 Å². The molecule has 3 N–H and O–H groups in total. The van der Waals surface area contributed by atoms with Crippen molar-refractivity contribution in [2.75, 3.05) is 23.3 Å². The lowest BCUT2D eigenvalue weighted by Gasteiger charge is -2.16. The van der Waals surface area contributed by atoms with Gasteiger partial charge >= 0.3 is 0 Å². The molecule has 1 fully saturated rings. The maximum Gasteiger partial charge on any atom is 0.228 e. The number of imidazole rings is 1. The van der Waals surface area contributed by atoms with E-state index in [0.717, 1.165) is 11.0 Å². The van der Waals surface area contributed by atoms with Crippen molar-refractivity contribution in [3.05, 3.63) is 54.3 Å². The number of para-hydroxylation sites is 2. The van der Waals surface area contributed by atoms with E-state index in [2.05, 4.69) is 20.6 Å². The Balaban J connectivity index is 1.25. The van der Waals surface area contributed by atoms with Gasteiger partial charge in [0, 0.05) is 31.6 Å². The van der Waals surface area contributed by atoms with Crippen LogP contribution >= 0.6 is 0 Å². The number of aromatic amines is 1. The van der Waals surface area contributed by atoms with Crippen molar-refractivity contribution in [2.24, 2.45) is 5.92 Å². The third-order valence-corrected chi connectivity index (χ3v) is 4.93. The molecular weight excluding hydrogens is 389 g/mol. The summed E-state index contributed by atoms with van der Waals surface area (Å²) in [7, 11) is 0. The summed E-state index contributed by atoms with van der Waals surface area (Å²) in [4.78, 5) is 45.4. The molecule has 1 saturated heterocycles. The third kappa shape index (κ3) is 4.29. The van der Waals surface area contributed by atoms with E-state index in [4.69, 9.17) is 0 Å². The van der Waals surface area contributed by atoms with Gasteiger partial charge in [-0.05, 0) is 36.4 Å². The van der Waals surface area contributed by atoms with E-state index in [1.807, 2.05) is 24.3 Å². The monoisotopic (exact) mass is 409 g/mol. The highest BCUT2D eigenvalue weighted by Gasteiger charge is 2.35. The molecule has 2 heterocycles. The predicted molar refractivity (Wildman–Crippen MR) is 109 cm³/mol. The molecule has 1 atom stereocenters. The van der Waals surface area contributed by atoms with E-state index >= 15 is 0 Å². The topological polar surface area (TPSA) is 107 Å². The Bertz CT molecular complexity index is 1060. The van der Waals surface area contributed by atoms with E-state index < -0.39 is 5.92 Å². The van der Waals surface area contributed by atoms with E-state index in [9.17, 15) is 18.8 Å². The molecule has 1 aliphatic heterocycles. The molecule has 2 aromatic carbocycles. The highest BCUT2D eigenvalue weighted by molar-refractivity contribution is 6.00. The quantitative estimate of drug-likeness (QED) is 0.580. The van der Waals surface area contributed by atoms with Crippen LogP contribution in [0.3, 0.4) is 0 Å². The summed E-state index contributed by atoms with van der Waals surface area (Å²) in [5.41, 5.74) is 2.12. The average Bonchev–Trinajstić information content (AvgIpc) is 3.31. The Labute approximate surface area is 171 Å². The molecule has 1 aromatic heterocycles. The van der Waals surface area contributed by atoms with Gasteiger partial charge in [0.2, 0.25) is 23.7 Å². The normalized spacial score (nSPS) is 16.1. The molecule has 0 unspecified atom stereocenters. The van der Waals surface area contributed by atoms with Crippen LogP contribution in [0, 0.1) is 11.7 Å². The second kappa shape index (κ2) is 8.32. The molecule has 9 heteroatoms. The molecule has 0 saturated carbocycles. The maximum absolute atomic E-state index is 13.1. The number of aromatic nitrogens is 2. The van der Waals surface area contributed by atoms with Crippen LogP contribution in [0.2, 0.25) is 0 Å². The summed E-state index contributed by atoms with van der Waals surface area (Å²) in [6, 6.07) is 13.0. The number of anilines is 2. The molecule has 4 rings (SSSR count). The van der Waals surface area contributed by atoms with Crippen molar-refractivity contribution in [1.29, 1.82) is 0 Å². The summed E-state index contributed by atoms with van der Waals surface area (Å²) in [5.74, 6) is -1.32. The smallest absolute Gasteiger partial charge is 0.228 e. The summed E-state index contributed by atoms with van der Waals surface area (Å²) < 4.78 is 13.1. The molecule has 0 spiro atoms. The fraction of sp³-hybridized carbons (Fsp3) is 0.238. The van der Waals surface area contributed by atoms with Crippen LogP contribution in [0.25, 0.3) is 11.0 Å². The largest absolute Gasteiger partial charge is 0.355 e. The number of hydrogen-bond acceptors (Lipinski definition) is 4. The fourth-order valence-electron chi connectivity index (χ4n) is 3.40. The first kappa shape index (κ1) is 19.6. The van der Waals surface area contributed by atoms with Gasteiger partial charge in [-0.1, -0.05) is 12.1 Å². The number of rotatable bonds is 6. The minimum absolute atomic E-state index is 0.0745. The van der Waals surface area contributed by atoms with Crippen LogP contribution in [0.15, 0.2) is 48.5 Å². The number of carbonyl (C=O) groups is 3. The van der Waals surface area contributed by atoms with Crippen molar-refractivity contribution in [2.45, 2.75) is 12.8 Å². The lowest BCUT2D eigenvalue weighted by atomic mass is 10.1. The Morgan fingerprint density at radius 1 is 1.17 bits per heavy atom. The van der Waals surface area contributed by atoms with Gasteiger partial charge in [0.25, 0.3) is 0 Å². The average molecular weight is 409 g/mol. The predicted octanol–water partition coefficient (Wildman–Crippen LogP) is 2.20. The zero-order valence-corrected chi connectivity index (χ0v) is 16.0. The van der Waals surface area contributed by atoms with Gasteiger partial charge in [-0.25, -0.2) is 9.37 Å². The van der Waals surface area contributed by atoms with Crippen LogP contribution in [0.4, 0.5) is 16.0 Å². The number of nitrogens with zero attached hydrogens (tertiary/aromatic N) is 2. The highest BCUT2D eigenvalue weighted by Crippen LogP contribution is 2.25. The van der Waals surface area contributed by atoms with Crippen LogP contribution in [0.1, 0.15) is 12.8 Å². The van der Waals surface area contributed by atoms with Crippen molar-refractivity contribution < 1.29 is 18.8 Å². The lowest BCUT2D eigenvalue weighted by Crippen LogP contribution is -2.34. The molecule has 3 amide bonds. The number of benzene rings is 2. The number of carbonyl (C=O) groups excluding carboxylic acids is 3. The van der Waals surface area contributed by atoms with Gasteiger partial charge in [-0.15, -0.1) is 0 Å². The molecule has 3 aromatic rings. The minimum atomic E-state index is -0.513. The Kier molecular flexibility index (Phi) is 5.42. The van der Waals surface area contributed by atoms with E-state index in [1.165, 1.54) is 29.2 Å². The number of H-pyrrole nitrogens is 1. The van der Waals surface area contributed by atoms with Gasteiger partial charge in [-0.2, -0.15) is 0 Å². The molecule has 154 valence electrons. The lowest BCUT2D eigenvalue weighted by molar-refractivity contribution is -0.126. The number of halogens is 1. The van der Waals surface area contributed by atoms with Gasteiger partial charge in [0.15, 0.2) is 0 Å². The second-order valence-electron chi connectivity index (χ2n) is 7.07. The first-order chi connectivity index (χ1) is 14.5. The van der Waals surface area contributed by atoms with E-state index in [1.54, 1.807) is 0 Å². The van der Waals surface area contributed by atoms with Gasteiger partial charge in [0.1, 0.15) is 5.82 Å². The summed E-state index contributed by atoms with van der Waals surface area (Å²) >= 11 is 0. The first-order valence-corrected chi connectivity index (χ1v) is 9.58. The molecule has 30 heavy (non-hydrogen) atoms. The summed E-state index contributed by atoms with van der Waals surface area (Å²) in [5, 5.41) is 5.37. The molecule has 0 radical (unpaired) electrons. The van der Waals surface area contributed by atoms with E-state index in [-0.39, 0.29) is 49.5 Å². The maximum atomic E-state index is 13.1. The number of nitrogens with one attached hydrogen (secondary N) is 3. The van der Waals surface area contributed by atoms with Gasteiger partial charge in [-0.3, -0.25) is 19.7 Å². The molecular formula is C21H20FN5O3. The van der Waals surface area contributed by atoms with Crippen molar-refractivity contribution in [1.82, 2.24) is 15.3 Å². The number of amides is 3. The SMILES string of the molecule is O=C(CCNC(=O)[C@H]1CC(=O)N(c2ccc(F)cc2)C1)Nc1nc2ccccc2[nH]1. The minimum Gasteiger partial charge on any atom is -0.355 e. The number of hydrogen-bond donors (Lipinski definition) is 3. The second-order valence-corrected chi connectivity index (χ2v) is 7.07. The van der Waals surface area contributed by atoms with Gasteiger partial charge in [0.05, 0.1) is 17.0 Å². The Hall–Kier alpha value is -3.75. The van der Waals surface area contributed by atoms with Crippen molar-refractivity contribution in [3.8, 4) is 0 Å². The highest BCUT2D eigenvalue weighted by atomic mass is 19.1. The van der Waals surface area contributed by atoms with Crippen LogP contribution < -0.4 is 15.5 Å². The fourth-order valence-corrected chi connectivity index (χ4v) is 3.40. The van der Waals surface area contributed by atoms with Crippen LogP contribution in [0.5, 0.6) is 0 Å². The number of fused-ring (bicyclic) bond motifs is 1. The first-order valence-electron chi connectivity index (χ1n) is 9.58. The van der Waals surface area contributed by atoms with Crippen LogP contribution in [-0.2, 0) is 14.4 Å². The zero-order chi connectivity index (χ0) is 21.1. The Morgan fingerprint density at radius 3 is 2.70 bits per heavy atom. The van der Waals surface area contributed by atoms with Crippen molar-refractivity contribution >= 4 is 40.4 Å². The Morgan fingerprint density at radius 2 is 1.93 bits per heavy atom. The van der Waals surface area contributed by atoms with Gasteiger partial charge < -0.3 is 15.2 Å².